The molecular weight excluding hydrogens is 880 g/mol. The highest BCUT2D eigenvalue weighted by molar-refractivity contribution is 6.34. The maximum atomic E-state index is 9.90. The second-order valence-electron chi connectivity index (χ2n) is 20.9. The first kappa shape index (κ1) is 47.5. The summed E-state index contributed by atoms with van der Waals surface area (Å²) in [6, 6.07) is 64.7. The molecule has 0 heterocycles. The Morgan fingerprint density at radius 3 is 1.19 bits per heavy atom. The highest BCUT2D eigenvalue weighted by Gasteiger charge is 2.21. The molecule has 0 aromatic heterocycles. The molecule has 11 aromatic carbocycles. The van der Waals surface area contributed by atoms with Crippen molar-refractivity contribution in [3.05, 3.63) is 176 Å². The Labute approximate surface area is 424 Å². The molecule has 2 aliphatic rings. The van der Waals surface area contributed by atoms with Crippen molar-refractivity contribution in [2.45, 2.75) is 76.3 Å². The summed E-state index contributed by atoms with van der Waals surface area (Å²) in [5.74, 6) is 0.407. The molecule has 0 unspecified atom stereocenters. The van der Waals surface area contributed by atoms with Crippen LogP contribution in [-0.2, 0) is 0 Å². The van der Waals surface area contributed by atoms with Gasteiger partial charge >= 0.3 is 7.32 Å². The molecule has 2 aliphatic carbocycles. The van der Waals surface area contributed by atoms with Crippen LogP contribution in [0.5, 0.6) is 5.75 Å². The summed E-state index contributed by atoms with van der Waals surface area (Å²) >= 11 is 0. The second kappa shape index (κ2) is 20.7. The van der Waals surface area contributed by atoms with Crippen molar-refractivity contribution in [1.29, 1.82) is 0 Å². The molecule has 11 aromatic rings. The van der Waals surface area contributed by atoms with E-state index in [4.69, 9.17) is 4.65 Å². The van der Waals surface area contributed by atoms with Crippen LogP contribution in [-0.4, -0.2) is 67.4 Å². The maximum Gasteiger partial charge on any atom is 0.707 e. The Kier molecular flexibility index (Phi) is 13.7. The predicted octanol–water partition coefficient (Wildman–Crippen LogP) is 16.4. The molecule has 2 fully saturated rings. The molecule has 0 amide bonds. The first-order valence-corrected chi connectivity index (χ1v) is 26.2. The number of hydrogen-bond donors (Lipinski definition) is 2. The number of benzene rings is 11. The Bertz CT molecular complexity index is 3720. The van der Waals surface area contributed by atoms with Gasteiger partial charge in [0.15, 0.2) is 0 Å². The minimum absolute atomic E-state index is 0.407. The van der Waals surface area contributed by atoms with Gasteiger partial charge in [0.25, 0.3) is 0 Å². The standard InChI is InChI=1S/C50H31BO3.2C8H17N/c52-51(53)54-49-15-7-13-44(30-8-2-1-3-9-30)50(49)45-14-6-12-33-20-38-24-40-22-35-17-16-34-21-39-23-36-18-31-10-4-5-11-32(31)19-37(36)25-41(39)28-47(34)48(35)29-43(40)26-42(38)27-46(33)45;2*1-9(2)8-6-4-3-5-7-8/h1-29,52-53H;2*8H,3-7H2,1-2H3. The lowest BCUT2D eigenvalue weighted by Gasteiger charge is -2.27. The van der Waals surface area contributed by atoms with Gasteiger partial charge in [0.2, 0.25) is 0 Å². The normalized spacial score (nSPS) is 14.7. The molecule has 0 saturated heterocycles. The zero-order valence-corrected chi connectivity index (χ0v) is 42.2. The molecule has 0 aliphatic heterocycles. The van der Waals surface area contributed by atoms with E-state index < -0.39 is 7.32 Å². The molecule has 13 rings (SSSR count). The molecule has 2 saturated carbocycles. The van der Waals surface area contributed by atoms with Crippen molar-refractivity contribution < 1.29 is 14.7 Å². The molecule has 6 heteroatoms. The monoisotopic (exact) mass is 945 g/mol. The van der Waals surface area contributed by atoms with Gasteiger partial charge in [-0.3, -0.25) is 0 Å². The van der Waals surface area contributed by atoms with E-state index in [1.807, 2.05) is 24.3 Å². The van der Waals surface area contributed by atoms with Crippen LogP contribution in [0.1, 0.15) is 64.2 Å². The van der Waals surface area contributed by atoms with Crippen molar-refractivity contribution in [2.24, 2.45) is 0 Å². The third-order valence-electron chi connectivity index (χ3n) is 15.7. The van der Waals surface area contributed by atoms with Gasteiger partial charge in [0.1, 0.15) is 5.75 Å². The van der Waals surface area contributed by atoms with Crippen LogP contribution in [0.4, 0.5) is 0 Å². The topological polar surface area (TPSA) is 56.2 Å². The van der Waals surface area contributed by atoms with Crippen molar-refractivity contribution in [3.8, 4) is 28.0 Å². The Morgan fingerprint density at radius 2 is 0.736 bits per heavy atom. The Hall–Kier alpha value is -6.80. The van der Waals surface area contributed by atoms with Gasteiger partial charge in [-0.05, 0) is 236 Å². The largest absolute Gasteiger partial charge is 0.707 e. The lowest BCUT2D eigenvalue weighted by Crippen LogP contribution is -2.29. The van der Waals surface area contributed by atoms with Gasteiger partial charge in [0, 0.05) is 17.6 Å². The highest BCUT2D eigenvalue weighted by Crippen LogP contribution is 2.44. The minimum atomic E-state index is -1.94. The van der Waals surface area contributed by atoms with Crippen molar-refractivity contribution >= 4 is 93.5 Å². The summed E-state index contributed by atoms with van der Waals surface area (Å²) in [7, 11) is 6.82. The average molecular weight is 945 g/mol. The van der Waals surface area contributed by atoms with Gasteiger partial charge < -0.3 is 24.5 Å². The van der Waals surface area contributed by atoms with E-state index in [0.717, 1.165) is 55.9 Å². The smallest absolute Gasteiger partial charge is 0.511 e. The van der Waals surface area contributed by atoms with Gasteiger partial charge in [-0.1, -0.05) is 136 Å². The molecular formula is C66H65BN2O3. The fourth-order valence-electron chi connectivity index (χ4n) is 11.8. The Balaban J connectivity index is 0.000000262. The summed E-state index contributed by atoms with van der Waals surface area (Å²) < 4.78 is 5.61. The van der Waals surface area contributed by atoms with Crippen molar-refractivity contribution in [2.75, 3.05) is 28.2 Å². The number of fused-ring (bicyclic) bond motifs is 9. The SMILES string of the molecule is CN(C)C1CCCCC1.CN(C)C1CCCCC1.OB(O)Oc1cccc(-c2ccccc2)c1-c1cccc2cc3cc4cc5ccc6cc7cc8cc9ccccc9cc8cc7cc6c5cc4cc3cc12. The molecule has 0 radical (unpaired) electrons. The fourth-order valence-corrected chi connectivity index (χ4v) is 11.8. The van der Waals surface area contributed by atoms with Crippen LogP contribution in [0.15, 0.2) is 176 Å². The quantitative estimate of drug-likeness (QED) is 0.0988. The molecule has 2 N–H and O–H groups in total. The van der Waals surface area contributed by atoms with Crippen LogP contribution >= 0.6 is 0 Å². The first-order valence-electron chi connectivity index (χ1n) is 26.2. The predicted molar refractivity (Wildman–Crippen MR) is 309 cm³/mol. The van der Waals surface area contributed by atoms with E-state index in [9.17, 15) is 10.0 Å². The molecule has 5 nitrogen and oxygen atoms in total. The number of rotatable bonds is 6. The minimum Gasteiger partial charge on any atom is -0.511 e. The highest BCUT2D eigenvalue weighted by atomic mass is 16.6. The van der Waals surface area contributed by atoms with Crippen LogP contribution in [0.2, 0.25) is 0 Å². The van der Waals surface area contributed by atoms with E-state index in [1.54, 1.807) is 6.07 Å². The van der Waals surface area contributed by atoms with E-state index in [1.165, 1.54) is 129 Å². The third-order valence-corrected chi connectivity index (χ3v) is 15.7. The number of hydrogen-bond acceptors (Lipinski definition) is 5. The van der Waals surface area contributed by atoms with Crippen LogP contribution in [0.3, 0.4) is 0 Å². The van der Waals surface area contributed by atoms with Crippen LogP contribution in [0.25, 0.3) is 108 Å². The summed E-state index contributed by atoms with van der Waals surface area (Å²) in [6.45, 7) is 0. The second-order valence-corrected chi connectivity index (χ2v) is 20.9. The summed E-state index contributed by atoms with van der Waals surface area (Å²) in [5.41, 5.74) is 3.74. The summed E-state index contributed by atoms with van der Waals surface area (Å²) in [4.78, 5) is 4.72. The van der Waals surface area contributed by atoms with Crippen LogP contribution in [0, 0.1) is 0 Å². The zero-order valence-electron chi connectivity index (χ0n) is 42.2. The third kappa shape index (κ3) is 9.90. The lowest BCUT2D eigenvalue weighted by atomic mass is 9.89. The zero-order chi connectivity index (χ0) is 49.3. The molecule has 0 spiro atoms. The molecule has 0 bridgehead atoms. The average Bonchev–Trinajstić information content (AvgIpc) is 3.40. The lowest BCUT2D eigenvalue weighted by molar-refractivity contribution is 0.229. The fraction of sp³-hybridized carbons (Fsp3) is 0.242. The van der Waals surface area contributed by atoms with Gasteiger partial charge in [-0.25, -0.2) is 0 Å². The van der Waals surface area contributed by atoms with Gasteiger partial charge in [-0.2, -0.15) is 0 Å². The summed E-state index contributed by atoms with van der Waals surface area (Å²) in [6.07, 6.45) is 14.4. The van der Waals surface area contributed by atoms with Crippen molar-refractivity contribution in [3.63, 3.8) is 0 Å². The van der Waals surface area contributed by atoms with Gasteiger partial charge in [0.05, 0.1) is 0 Å². The van der Waals surface area contributed by atoms with E-state index in [2.05, 4.69) is 184 Å². The molecule has 72 heavy (non-hydrogen) atoms. The number of nitrogens with zero attached hydrogens (tertiary/aromatic N) is 2. The molecule has 0 atom stereocenters. The summed E-state index contributed by atoms with van der Waals surface area (Å²) in [5, 5.41) is 39.1. The van der Waals surface area contributed by atoms with Gasteiger partial charge in [-0.15, -0.1) is 0 Å². The van der Waals surface area contributed by atoms with Crippen LogP contribution < -0.4 is 4.65 Å². The van der Waals surface area contributed by atoms with E-state index >= 15 is 0 Å². The first-order chi connectivity index (χ1) is 35.1. The van der Waals surface area contributed by atoms with E-state index in [0.29, 0.717) is 5.75 Å². The Morgan fingerprint density at radius 1 is 0.361 bits per heavy atom. The van der Waals surface area contributed by atoms with E-state index in [-0.39, 0.29) is 0 Å². The maximum absolute atomic E-state index is 9.90. The van der Waals surface area contributed by atoms with Crippen molar-refractivity contribution in [1.82, 2.24) is 9.80 Å². The molecule has 360 valence electrons.